The lowest BCUT2D eigenvalue weighted by molar-refractivity contribution is -0.157. The van der Waals surface area contributed by atoms with Crippen LogP contribution in [0.3, 0.4) is 0 Å². The normalized spacial score (nSPS) is 25.4. The Morgan fingerprint density at radius 2 is 1.84 bits per heavy atom. The number of fused-ring (bicyclic) bond motifs is 1. The molecule has 1 saturated heterocycles. The summed E-state index contributed by atoms with van der Waals surface area (Å²) >= 11 is 0. The van der Waals surface area contributed by atoms with Crippen LogP contribution in [0.4, 0.5) is 0 Å². The van der Waals surface area contributed by atoms with Crippen LogP contribution in [0.2, 0.25) is 0 Å². The number of esters is 1. The average Bonchev–Trinajstić information content (AvgIpc) is 2.92. The molecule has 1 saturated carbocycles. The predicted octanol–water partition coefficient (Wildman–Crippen LogP) is 5.38. The number of ether oxygens (including phenoxy) is 2. The molecule has 2 fully saturated rings. The number of carbonyl (C=O) groups is 2. The van der Waals surface area contributed by atoms with E-state index in [1.807, 2.05) is 43.3 Å². The molecule has 38 heavy (non-hydrogen) atoms. The van der Waals surface area contributed by atoms with E-state index in [1.165, 1.54) is 12.5 Å². The highest BCUT2D eigenvalue weighted by atomic mass is 16.5. The Balaban J connectivity index is 1.46. The standard InChI is InChI=1S/C32H44N2O4/c1-25(35)38-29-16-11-15-27(22-29)31-20-21-33(2)24-32(31,37-4)19-18-28(23-31)34(3)30(36)17-10-6-9-14-26-12-7-5-8-13-26/h5,7-8,11-13,15-16,22,28H,6,9-10,14,17-21,23-24H2,1-4H3/t28-,31+,32+/m1/s1. The van der Waals surface area contributed by atoms with Gasteiger partial charge in [-0.15, -0.1) is 0 Å². The summed E-state index contributed by atoms with van der Waals surface area (Å²) in [4.78, 5) is 29.3. The van der Waals surface area contributed by atoms with Crippen LogP contribution in [0.1, 0.15) is 69.4 Å². The molecule has 206 valence electrons. The number of benzene rings is 2. The van der Waals surface area contributed by atoms with E-state index in [2.05, 4.69) is 42.3 Å². The minimum Gasteiger partial charge on any atom is -0.427 e. The van der Waals surface area contributed by atoms with Gasteiger partial charge in [0.05, 0.1) is 5.60 Å². The van der Waals surface area contributed by atoms with E-state index in [-0.39, 0.29) is 28.9 Å². The maximum Gasteiger partial charge on any atom is 0.308 e. The van der Waals surface area contributed by atoms with Crippen LogP contribution < -0.4 is 4.74 Å². The molecule has 0 bridgehead atoms. The Bertz CT molecular complexity index is 1090. The van der Waals surface area contributed by atoms with E-state index < -0.39 is 0 Å². The molecular weight excluding hydrogens is 476 g/mol. The van der Waals surface area contributed by atoms with E-state index in [4.69, 9.17) is 9.47 Å². The van der Waals surface area contributed by atoms with Gasteiger partial charge in [-0.05, 0) is 81.8 Å². The maximum absolute atomic E-state index is 13.3. The zero-order valence-electron chi connectivity index (χ0n) is 23.6. The van der Waals surface area contributed by atoms with Crippen molar-refractivity contribution >= 4 is 11.9 Å². The first-order valence-electron chi connectivity index (χ1n) is 14.1. The van der Waals surface area contributed by atoms with Crippen molar-refractivity contribution in [1.82, 2.24) is 9.80 Å². The zero-order valence-corrected chi connectivity index (χ0v) is 23.6. The topological polar surface area (TPSA) is 59.1 Å². The minimum absolute atomic E-state index is 0.149. The molecule has 0 radical (unpaired) electrons. The molecule has 4 rings (SSSR count). The first-order chi connectivity index (χ1) is 18.3. The van der Waals surface area contributed by atoms with Gasteiger partial charge in [0.25, 0.3) is 0 Å². The molecule has 6 heteroatoms. The molecule has 0 unspecified atom stereocenters. The van der Waals surface area contributed by atoms with Gasteiger partial charge in [0.1, 0.15) is 5.75 Å². The molecule has 2 aliphatic rings. The predicted molar refractivity (Wildman–Crippen MR) is 150 cm³/mol. The Kier molecular flexibility index (Phi) is 9.27. The maximum atomic E-state index is 13.3. The number of methoxy groups -OCH3 is 1. The molecular formula is C32H44N2O4. The van der Waals surface area contributed by atoms with Crippen molar-refractivity contribution in [2.75, 3.05) is 34.3 Å². The van der Waals surface area contributed by atoms with E-state index in [9.17, 15) is 9.59 Å². The second-order valence-corrected chi connectivity index (χ2v) is 11.3. The van der Waals surface area contributed by atoms with Gasteiger partial charge in [-0.25, -0.2) is 0 Å². The van der Waals surface area contributed by atoms with Crippen LogP contribution in [-0.4, -0.2) is 67.6 Å². The summed E-state index contributed by atoms with van der Waals surface area (Å²) < 4.78 is 11.9. The summed E-state index contributed by atoms with van der Waals surface area (Å²) in [6.45, 7) is 3.22. The van der Waals surface area contributed by atoms with E-state index in [0.29, 0.717) is 12.2 Å². The average molecular weight is 521 g/mol. The van der Waals surface area contributed by atoms with Gasteiger partial charge in [0.15, 0.2) is 0 Å². The summed E-state index contributed by atoms with van der Waals surface area (Å²) in [5.41, 5.74) is 1.88. The van der Waals surface area contributed by atoms with Crippen molar-refractivity contribution in [3.8, 4) is 5.75 Å². The molecule has 1 heterocycles. The van der Waals surface area contributed by atoms with Crippen LogP contribution in [0.5, 0.6) is 5.75 Å². The highest BCUT2D eigenvalue weighted by Gasteiger charge is 2.59. The summed E-state index contributed by atoms with van der Waals surface area (Å²) in [6.07, 6.45) is 8.32. The zero-order chi connectivity index (χ0) is 27.2. The van der Waals surface area contributed by atoms with Gasteiger partial charge in [-0.1, -0.05) is 48.9 Å². The van der Waals surface area contributed by atoms with Crippen molar-refractivity contribution in [2.45, 2.75) is 81.8 Å². The van der Waals surface area contributed by atoms with Crippen LogP contribution in [0.25, 0.3) is 0 Å². The third-order valence-electron chi connectivity index (χ3n) is 8.96. The lowest BCUT2D eigenvalue weighted by atomic mass is 9.55. The number of amides is 1. The fourth-order valence-corrected chi connectivity index (χ4v) is 6.83. The summed E-state index contributed by atoms with van der Waals surface area (Å²) in [7, 11) is 5.96. The highest BCUT2D eigenvalue weighted by molar-refractivity contribution is 5.76. The Hall–Kier alpha value is -2.70. The number of hydrogen-bond acceptors (Lipinski definition) is 5. The first kappa shape index (κ1) is 28.3. The number of unbranched alkanes of at least 4 members (excludes halogenated alkanes) is 2. The third kappa shape index (κ3) is 6.13. The van der Waals surface area contributed by atoms with Crippen molar-refractivity contribution in [2.24, 2.45) is 0 Å². The lowest BCUT2D eigenvalue weighted by Crippen LogP contribution is -2.67. The highest BCUT2D eigenvalue weighted by Crippen LogP contribution is 2.54. The van der Waals surface area contributed by atoms with Crippen LogP contribution in [-0.2, 0) is 26.2 Å². The molecule has 1 aliphatic heterocycles. The molecule has 1 amide bonds. The number of likely N-dealkylation sites (N-methyl/N-ethyl adjacent to an activating group) is 1. The fourth-order valence-electron chi connectivity index (χ4n) is 6.83. The molecule has 0 aromatic heterocycles. The molecule has 1 aliphatic carbocycles. The summed E-state index contributed by atoms with van der Waals surface area (Å²) in [6, 6.07) is 18.7. The Morgan fingerprint density at radius 1 is 1.05 bits per heavy atom. The number of rotatable bonds is 10. The molecule has 2 aromatic carbocycles. The Labute approximate surface area is 228 Å². The van der Waals surface area contributed by atoms with Crippen LogP contribution in [0.15, 0.2) is 54.6 Å². The van der Waals surface area contributed by atoms with Gasteiger partial charge in [0.2, 0.25) is 5.91 Å². The SMILES string of the molecule is CO[C@]12CC[C@@H](N(C)C(=O)CCCCCc3ccccc3)C[C@]1(c1cccc(OC(C)=O)c1)CCN(C)C2. The van der Waals surface area contributed by atoms with Crippen molar-refractivity contribution < 1.29 is 19.1 Å². The van der Waals surface area contributed by atoms with Gasteiger partial charge in [-0.2, -0.15) is 0 Å². The number of carbonyl (C=O) groups excluding carboxylic acids is 2. The minimum atomic E-state index is -0.354. The lowest BCUT2D eigenvalue weighted by Gasteiger charge is -2.60. The number of aryl methyl sites for hydroxylation is 1. The molecule has 0 N–H and O–H groups in total. The van der Waals surface area contributed by atoms with E-state index in [1.54, 1.807) is 0 Å². The number of hydrogen-bond donors (Lipinski definition) is 0. The van der Waals surface area contributed by atoms with Crippen molar-refractivity contribution in [3.05, 3.63) is 65.7 Å². The monoisotopic (exact) mass is 520 g/mol. The van der Waals surface area contributed by atoms with Gasteiger partial charge in [0, 0.05) is 45.5 Å². The molecule has 6 nitrogen and oxygen atoms in total. The number of piperidine rings is 1. The van der Waals surface area contributed by atoms with E-state index >= 15 is 0 Å². The van der Waals surface area contributed by atoms with Gasteiger partial charge >= 0.3 is 5.97 Å². The summed E-state index contributed by atoms with van der Waals surface area (Å²) in [5.74, 6) is 0.475. The summed E-state index contributed by atoms with van der Waals surface area (Å²) in [5, 5.41) is 0. The largest absolute Gasteiger partial charge is 0.427 e. The van der Waals surface area contributed by atoms with Gasteiger partial charge in [-0.3, -0.25) is 9.59 Å². The van der Waals surface area contributed by atoms with Crippen LogP contribution >= 0.6 is 0 Å². The number of likely N-dealkylation sites (tertiary alicyclic amines) is 1. The van der Waals surface area contributed by atoms with E-state index in [0.717, 1.165) is 70.0 Å². The quantitative estimate of drug-likeness (QED) is 0.239. The third-order valence-corrected chi connectivity index (χ3v) is 8.96. The molecule has 2 aromatic rings. The van der Waals surface area contributed by atoms with Crippen molar-refractivity contribution in [1.29, 1.82) is 0 Å². The Morgan fingerprint density at radius 3 is 2.58 bits per heavy atom. The smallest absolute Gasteiger partial charge is 0.308 e. The second kappa shape index (κ2) is 12.4. The molecule has 3 atom stereocenters. The fraction of sp³-hybridized carbons (Fsp3) is 0.562. The number of nitrogens with zero attached hydrogens (tertiary/aromatic N) is 2. The van der Waals surface area contributed by atoms with Gasteiger partial charge < -0.3 is 19.3 Å². The first-order valence-corrected chi connectivity index (χ1v) is 14.1. The van der Waals surface area contributed by atoms with Crippen molar-refractivity contribution in [3.63, 3.8) is 0 Å². The van der Waals surface area contributed by atoms with Crippen LogP contribution in [0, 0.1) is 0 Å². The molecule has 0 spiro atoms. The second-order valence-electron chi connectivity index (χ2n) is 11.3.